The first-order chi connectivity index (χ1) is 10.1. The van der Waals surface area contributed by atoms with Crippen molar-refractivity contribution in [3.8, 4) is 0 Å². The molecular formula is C15H20ClFN2O2. The Balaban J connectivity index is 1.78. The molecule has 0 aliphatic carbocycles. The second kappa shape index (κ2) is 7.73. The monoisotopic (exact) mass is 314 g/mol. The van der Waals surface area contributed by atoms with Crippen LogP contribution in [-0.4, -0.2) is 43.7 Å². The van der Waals surface area contributed by atoms with Crippen molar-refractivity contribution in [2.75, 3.05) is 32.8 Å². The number of benzene rings is 1. The summed E-state index contributed by atoms with van der Waals surface area (Å²) in [5.74, 6) is -0.221. The SMILES string of the molecule is CC(NCCC(=O)N1CCOCC1)c1ccc(F)cc1Cl. The standard InChI is InChI=1S/C15H20ClFN2O2/c1-11(13-3-2-12(17)10-14(13)16)18-5-4-15(20)19-6-8-21-9-7-19/h2-3,10-11,18H,4-9H2,1H3. The fourth-order valence-corrected chi connectivity index (χ4v) is 2.66. The van der Waals surface area contributed by atoms with Gasteiger partial charge in [0.2, 0.25) is 5.91 Å². The fraction of sp³-hybridized carbons (Fsp3) is 0.533. The number of halogens is 2. The van der Waals surface area contributed by atoms with Gasteiger partial charge in [-0.05, 0) is 24.6 Å². The Morgan fingerprint density at radius 3 is 2.86 bits per heavy atom. The zero-order chi connectivity index (χ0) is 15.2. The van der Waals surface area contributed by atoms with E-state index in [9.17, 15) is 9.18 Å². The molecule has 1 aliphatic heterocycles. The molecule has 1 aromatic rings. The lowest BCUT2D eigenvalue weighted by Crippen LogP contribution is -2.41. The van der Waals surface area contributed by atoms with E-state index >= 15 is 0 Å². The first-order valence-electron chi connectivity index (χ1n) is 7.12. The van der Waals surface area contributed by atoms with Crippen molar-refractivity contribution in [2.45, 2.75) is 19.4 Å². The zero-order valence-electron chi connectivity index (χ0n) is 12.1. The highest BCUT2D eigenvalue weighted by molar-refractivity contribution is 6.31. The highest BCUT2D eigenvalue weighted by Crippen LogP contribution is 2.23. The first-order valence-corrected chi connectivity index (χ1v) is 7.49. The van der Waals surface area contributed by atoms with E-state index in [0.717, 1.165) is 5.56 Å². The number of hydrogen-bond donors (Lipinski definition) is 1. The van der Waals surface area contributed by atoms with Crippen LogP contribution in [0, 0.1) is 5.82 Å². The molecule has 4 nitrogen and oxygen atoms in total. The van der Waals surface area contributed by atoms with E-state index in [1.165, 1.54) is 12.1 Å². The molecule has 1 N–H and O–H groups in total. The average molecular weight is 315 g/mol. The third-order valence-corrected chi connectivity index (χ3v) is 3.91. The largest absolute Gasteiger partial charge is 0.378 e. The summed E-state index contributed by atoms with van der Waals surface area (Å²) < 4.78 is 18.2. The minimum atomic E-state index is -0.349. The predicted octanol–water partition coefficient (Wildman–Crippen LogP) is 2.38. The van der Waals surface area contributed by atoms with Gasteiger partial charge < -0.3 is 15.0 Å². The van der Waals surface area contributed by atoms with Crippen LogP contribution >= 0.6 is 11.6 Å². The van der Waals surface area contributed by atoms with Crippen LogP contribution < -0.4 is 5.32 Å². The molecule has 1 heterocycles. The summed E-state index contributed by atoms with van der Waals surface area (Å²) in [6, 6.07) is 4.32. The van der Waals surface area contributed by atoms with Gasteiger partial charge in [-0.2, -0.15) is 0 Å². The van der Waals surface area contributed by atoms with E-state index in [1.54, 1.807) is 6.07 Å². The number of carbonyl (C=O) groups is 1. The Hall–Kier alpha value is -1.17. The zero-order valence-corrected chi connectivity index (χ0v) is 12.8. The van der Waals surface area contributed by atoms with Crippen molar-refractivity contribution in [3.05, 3.63) is 34.6 Å². The maximum absolute atomic E-state index is 13.0. The van der Waals surface area contributed by atoms with E-state index in [1.807, 2.05) is 11.8 Å². The lowest BCUT2D eigenvalue weighted by Gasteiger charge is -2.27. The van der Waals surface area contributed by atoms with Crippen LogP contribution in [0.5, 0.6) is 0 Å². The Morgan fingerprint density at radius 1 is 1.48 bits per heavy atom. The molecule has 0 bridgehead atoms. The Kier molecular flexibility index (Phi) is 5.96. The van der Waals surface area contributed by atoms with Crippen LogP contribution in [0.3, 0.4) is 0 Å². The smallest absolute Gasteiger partial charge is 0.224 e. The van der Waals surface area contributed by atoms with E-state index in [4.69, 9.17) is 16.3 Å². The number of amides is 1. The van der Waals surface area contributed by atoms with Crippen LogP contribution in [-0.2, 0) is 9.53 Å². The second-order valence-electron chi connectivity index (χ2n) is 5.08. The second-order valence-corrected chi connectivity index (χ2v) is 5.49. The Morgan fingerprint density at radius 2 is 2.19 bits per heavy atom. The number of nitrogens with zero attached hydrogens (tertiary/aromatic N) is 1. The molecule has 0 radical (unpaired) electrons. The van der Waals surface area contributed by atoms with E-state index < -0.39 is 0 Å². The molecule has 2 rings (SSSR count). The minimum absolute atomic E-state index is 0.0319. The van der Waals surface area contributed by atoms with Gasteiger partial charge in [0.05, 0.1) is 13.2 Å². The normalized spacial score (nSPS) is 16.8. The van der Waals surface area contributed by atoms with Crippen molar-refractivity contribution in [2.24, 2.45) is 0 Å². The number of rotatable bonds is 5. The molecule has 6 heteroatoms. The van der Waals surface area contributed by atoms with Crippen LogP contribution in [0.25, 0.3) is 0 Å². The Bertz CT molecular complexity index is 493. The van der Waals surface area contributed by atoms with Gasteiger partial charge in [0.25, 0.3) is 0 Å². The van der Waals surface area contributed by atoms with Gasteiger partial charge >= 0.3 is 0 Å². The molecular weight excluding hydrogens is 295 g/mol. The minimum Gasteiger partial charge on any atom is -0.378 e. The summed E-state index contributed by atoms with van der Waals surface area (Å²) in [5, 5.41) is 3.64. The average Bonchev–Trinajstić information content (AvgIpc) is 2.47. The van der Waals surface area contributed by atoms with Gasteiger partial charge in [0.15, 0.2) is 0 Å². The lowest BCUT2D eigenvalue weighted by molar-refractivity contribution is -0.135. The van der Waals surface area contributed by atoms with Crippen molar-refractivity contribution in [1.82, 2.24) is 10.2 Å². The first kappa shape index (κ1) is 16.2. The molecule has 1 atom stereocenters. The molecule has 21 heavy (non-hydrogen) atoms. The highest BCUT2D eigenvalue weighted by Gasteiger charge is 2.17. The van der Waals surface area contributed by atoms with Crippen LogP contribution in [0.15, 0.2) is 18.2 Å². The fourth-order valence-electron chi connectivity index (χ4n) is 2.33. The van der Waals surface area contributed by atoms with Gasteiger partial charge in [-0.1, -0.05) is 17.7 Å². The third-order valence-electron chi connectivity index (χ3n) is 3.58. The number of morpholine rings is 1. The summed E-state index contributed by atoms with van der Waals surface area (Å²) >= 11 is 6.02. The number of nitrogens with one attached hydrogen (secondary N) is 1. The molecule has 0 saturated carbocycles. The van der Waals surface area contributed by atoms with Crippen molar-refractivity contribution >= 4 is 17.5 Å². The van der Waals surface area contributed by atoms with E-state index in [2.05, 4.69) is 5.32 Å². The molecule has 1 aliphatic rings. The van der Waals surface area contributed by atoms with E-state index in [0.29, 0.717) is 44.3 Å². The lowest BCUT2D eigenvalue weighted by atomic mass is 10.1. The van der Waals surface area contributed by atoms with Gasteiger partial charge in [-0.3, -0.25) is 4.79 Å². The number of carbonyl (C=O) groups excluding carboxylic acids is 1. The van der Waals surface area contributed by atoms with E-state index in [-0.39, 0.29) is 17.8 Å². The molecule has 1 saturated heterocycles. The topological polar surface area (TPSA) is 41.6 Å². The third kappa shape index (κ3) is 4.66. The summed E-state index contributed by atoms with van der Waals surface area (Å²) in [6.45, 7) is 5.06. The van der Waals surface area contributed by atoms with Crippen molar-refractivity contribution in [3.63, 3.8) is 0 Å². The number of hydrogen-bond acceptors (Lipinski definition) is 3. The quantitative estimate of drug-likeness (QED) is 0.907. The summed E-state index contributed by atoms with van der Waals surface area (Å²) in [6.07, 6.45) is 0.434. The Labute approximate surface area is 129 Å². The summed E-state index contributed by atoms with van der Waals surface area (Å²) in [4.78, 5) is 13.8. The summed E-state index contributed by atoms with van der Waals surface area (Å²) in [5.41, 5.74) is 0.830. The molecule has 1 amide bonds. The molecule has 116 valence electrons. The van der Waals surface area contributed by atoms with Crippen LogP contribution in [0.2, 0.25) is 5.02 Å². The predicted molar refractivity (Wildman–Crippen MR) is 79.8 cm³/mol. The molecule has 0 spiro atoms. The molecule has 0 aromatic heterocycles. The molecule has 1 fully saturated rings. The molecule has 1 aromatic carbocycles. The maximum Gasteiger partial charge on any atom is 0.224 e. The number of ether oxygens (including phenoxy) is 1. The molecule has 1 unspecified atom stereocenters. The van der Waals surface area contributed by atoms with Crippen molar-refractivity contribution < 1.29 is 13.9 Å². The van der Waals surface area contributed by atoms with Gasteiger partial charge in [0, 0.05) is 37.1 Å². The van der Waals surface area contributed by atoms with Crippen LogP contribution in [0.1, 0.15) is 24.9 Å². The van der Waals surface area contributed by atoms with Gasteiger partial charge in [-0.15, -0.1) is 0 Å². The van der Waals surface area contributed by atoms with Gasteiger partial charge in [0.1, 0.15) is 5.82 Å². The summed E-state index contributed by atoms with van der Waals surface area (Å²) in [7, 11) is 0. The highest BCUT2D eigenvalue weighted by atomic mass is 35.5. The maximum atomic E-state index is 13.0. The van der Waals surface area contributed by atoms with Crippen molar-refractivity contribution in [1.29, 1.82) is 0 Å². The van der Waals surface area contributed by atoms with Gasteiger partial charge in [-0.25, -0.2) is 4.39 Å². The van der Waals surface area contributed by atoms with Crippen LogP contribution in [0.4, 0.5) is 4.39 Å².